The summed E-state index contributed by atoms with van der Waals surface area (Å²) in [7, 11) is 1.39. The van der Waals surface area contributed by atoms with E-state index in [1.54, 1.807) is 12.1 Å². The Morgan fingerprint density at radius 1 is 1.53 bits per heavy atom. The Morgan fingerprint density at radius 3 is 3.07 bits per heavy atom. The number of benzene rings is 1. The summed E-state index contributed by atoms with van der Waals surface area (Å²) in [5.41, 5.74) is 2.12. The van der Waals surface area contributed by atoms with Crippen LogP contribution in [0.5, 0.6) is 5.75 Å². The van der Waals surface area contributed by atoms with Crippen LogP contribution >= 0.6 is 0 Å². The molecule has 0 fully saturated rings. The van der Waals surface area contributed by atoms with Gasteiger partial charge in [0.2, 0.25) is 0 Å². The number of hydrogen-bond donors (Lipinski definition) is 2. The summed E-state index contributed by atoms with van der Waals surface area (Å²) >= 11 is 0. The summed E-state index contributed by atoms with van der Waals surface area (Å²) in [5, 5.41) is 12.4. The molecule has 2 rings (SSSR count). The van der Waals surface area contributed by atoms with Crippen molar-refractivity contribution >= 4 is 5.97 Å². The molecule has 1 aromatic carbocycles. The molecule has 2 N–H and O–H groups in total. The lowest BCUT2D eigenvalue weighted by Gasteiger charge is -2.24. The third kappa shape index (κ3) is 1.94. The molecule has 0 radical (unpaired) electrons. The van der Waals surface area contributed by atoms with Crippen molar-refractivity contribution in [2.45, 2.75) is 19.0 Å². The first-order valence-corrected chi connectivity index (χ1v) is 4.82. The van der Waals surface area contributed by atoms with Crippen LogP contribution in [-0.2, 0) is 22.5 Å². The van der Waals surface area contributed by atoms with Crippen molar-refractivity contribution in [1.82, 2.24) is 5.32 Å². The van der Waals surface area contributed by atoms with E-state index < -0.39 is 0 Å². The second-order valence-electron chi connectivity index (χ2n) is 3.61. The number of carbonyl (C=O) groups is 1. The number of carbonyl (C=O) groups excluding carboxylic acids is 1. The third-order valence-corrected chi connectivity index (χ3v) is 2.64. The van der Waals surface area contributed by atoms with Gasteiger partial charge in [0, 0.05) is 6.54 Å². The SMILES string of the molecule is COC(=O)[C@@H]1Cc2ccc(O)cc2CN1. The van der Waals surface area contributed by atoms with Crippen LogP contribution in [0.15, 0.2) is 18.2 Å². The van der Waals surface area contributed by atoms with Crippen molar-refractivity contribution in [1.29, 1.82) is 0 Å². The van der Waals surface area contributed by atoms with Crippen LogP contribution < -0.4 is 5.32 Å². The first kappa shape index (κ1) is 9.98. The molecule has 15 heavy (non-hydrogen) atoms. The number of methoxy groups -OCH3 is 1. The molecule has 0 unspecified atom stereocenters. The van der Waals surface area contributed by atoms with Crippen molar-refractivity contribution in [3.8, 4) is 5.75 Å². The van der Waals surface area contributed by atoms with Gasteiger partial charge in [0.05, 0.1) is 7.11 Å². The number of phenols is 1. The summed E-state index contributed by atoms with van der Waals surface area (Å²) < 4.78 is 4.68. The first-order valence-electron chi connectivity index (χ1n) is 4.82. The lowest BCUT2D eigenvalue weighted by atomic mass is 9.96. The van der Waals surface area contributed by atoms with Gasteiger partial charge in [-0.05, 0) is 29.7 Å². The first-order chi connectivity index (χ1) is 7.20. The summed E-state index contributed by atoms with van der Waals surface area (Å²) in [5.74, 6) is 0.0146. The highest BCUT2D eigenvalue weighted by atomic mass is 16.5. The Hall–Kier alpha value is -1.55. The maximum Gasteiger partial charge on any atom is 0.323 e. The van der Waals surface area contributed by atoms with Crippen LogP contribution in [-0.4, -0.2) is 24.2 Å². The van der Waals surface area contributed by atoms with Crippen molar-refractivity contribution in [2.24, 2.45) is 0 Å². The van der Waals surface area contributed by atoms with Crippen molar-refractivity contribution < 1.29 is 14.6 Å². The molecule has 80 valence electrons. The van der Waals surface area contributed by atoms with Gasteiger partial charge >= 0.3 is 5.97 Å². The number of hydrogen-bond acceptors (Lipinski definition) is 4. The number of ether oxygens (including phenoxy) is 1. The normalized spacial score (nSPS) is 19.4. The van der Waals surface area contributed by atoms with Crippen molar-refractivity contribution in [3.05, 3.63) is 29.3 Å². The van der Waals surface area contributed by atoms with E-state index in [4.69, 9.17) is 0 Å². The van der Waals surface area contributed by atoms with Gasteiger partial charge < -0.3 is 15.2 Å². The standard InChI is InChI=1S/C11H13NO3/c1-15-11(14)10-5-7-2-3-9(13)4-8(7)6-12-10/h2-4,10,12-13H,5-6H2,1H3/t10-/m0/s1. The maximum absolute atomic E-state index is 11.3. The van der Waals surface area contributed by atoms with E-state index >= 15 is 0 Å². The minimum Gasteiger partial charge on any atom is -0.508 e. The number of nitrogens with one attached hydrogen (secondary N) is 1. The molecule has 4 nitrogen and oxygen atoms in total. The molecule has 0 spiro atoms. The van der Waals surface area contributed by atoms with E-state index in [-0.39, 0.29) is 17.8 Å². The Balaban J connectivity index is 2.20. The van der Waals surface area contributed by atoms with Crippen molar-refractivity contribution in [3.63, 3.8) is 0 Å². The Morgan fingerprint density at radius 2 is 2.33 bits per heavy atom. The third-order valence-electron chi connectivity index (χ3n) is 2.64. The smallest absolute Gasteiger partial charge is 0.323 e. The van der Waals surface area contributed by atoms with Crippen LogP contribution in [0.2, 0.25) is 0 Å². The van der Waals surface area contributed by atoms with Crippen LogP contribution in [0.1, 0.15) is 11.1 Å². The molecule has 0 aliphatic carbocycles. The number of esters is 1. The molecular weight excluding hydrogens is 194 g/mol. The van der Waals surface area contributed by atoms with E-state index in [0.29, 0.717) is 13.0 Å². The molecule has 4 heteroatoms. The zero-order valence-electron chi connectivity index (χ0n) is 8.49. The van der Waals surface area contributed by atoms with Crippen LogP contribution in [0.3, 0.4) is 0 Å². The maximum atomic E-state index is 11.3. The van der Waals surface area contributed by atoms with Gasteiger partial charge in [-0.2, -0.15) is 0 Å². The van der Waals surface area contributed by atoms with Gasteiger partial charge in [-0.3, -0.25) is 4.79 Å². The largest absolute Gasteiger partial charge is 0.508 e. The number of fused-ring (bicyclic) bond motifs is 1. The monoisotopic (exact) mass is 207 g/mol. The van der Waals surface area contributed by atoms with E-state index in [0.717, 1.165) is 11.1 Å². The Bertz CT molecular complexity index is 389. The topological polar surface area (TPSA) is 58.6 Å². The summed E-state index contributed by atoms with van der Waals surface area (Å²) in [6.45, 7) is 0.587. The number of aromatic hydroxyl groups is 1. The molecule has 1 heterocycles. The lowest BCUT2D eigenvalue weighted by Crippen LogP contribution is -2.42. The van der Waals surface area contributed by atoms with Crippen LogP contribution in [0.4, 0.5) is 0 Å². The predicted octanol–water partition coefficient (Wildman–Crippen LogP) is 0.579. The Labute approximate surface area is 87.9 Å². The van der Waals surface area contributed by atoms with Crippen LogP contribution in [0.25, 0.3) is 0 Å². The van der Waals surface area contributed by atoms with Crippen LogP contribution in [0, 0.1) is 0 Å². The van der Waals surface area contributed by atoms with Gasteiger partial charge in [-0.1, -0.05) is 6.07 Å². The molecule has 1 aliphatic heterocycles. The second-order valence-corrected chi connectivity index (χ2v) is 3.61. The minimum atomic E-state index is -0.271. The molecule has 0 aromatic heterocycles. The van der Waals surface area contributed by atoms with Gasteiger partial charge in [-0.25, -0.2) is 0 Å². The average molecular weight is 207 g/mol. The molecule has 0 bridgehead atoms. The minimum absolute atomic E-state index is 0.242. The average Bonchev–Trinajstić information content (AvgIpc) is 2.27. The zero-order chi connectivity index (χ0) is 10.8. The molecule has 1 aliphatic rings. The van der Waals surface area contributed by atoms with E-state index in [1.807, 2.05) is 6.07 Å². The molecule has 0 saturated heterocycles. The highest BCUT2D eigenvalue weighted by Crippen LogP contribution is 2.21. The molecule has 0 saturated carbocycles. The van der Waals surface area contributed by atoms with Gasteiger partial charge in [0.15, 0.2) is 0 Å². The van der Waals surface area contributed by atoms with Gasteiger partial charge in [0.25, 0.3) is 0 Å². The lowest BCUT2D eigenvalue weighted by molar-refractivity contribution is -0.143. The zero-order valence-corrected chi connectivity index (χ0v) is 8.49. The Kier molecular flexibility index (Phi) is 2.60. The quantitative estimate of drug-likeness (QED) is 0.661. The highest BCUT2D eigenvalue weighted by Gasteiger charge is 2.24. The second kappa shape index (κ2) is 3.90. The van der Waals surface area contributed by atoms with Gasteiger partial charge in [-0.15, -0.1) is 0 Å². The highest BCUT2D eigenvalue weighted by molar-refractivity contribution is 5.76. The van der Waals surface area contributed by atoms with Gasteiger partial charge in [0.1, 0.15) is 11.8 Å². The fraction of sp³-hybridized carbons (Fsp3) is 0.364. The molecule has 1 atom stereocenters. The number of phenolic OH excluding ortho intramolecular Hbond substituents is 1. The van der Waals surface area contributed by atoms with Crippen molar-refractivity contribution in [2.75, 3.05) is 7.11 Å². The molecule has 1 aromatic rings. The van der Waals surface area contributed by atoms with E-state index in [9.17, 15) is 9.90 Å². The summed E-state index contributed by atoms with van der Waals surface area (Å²) in [6.07, 6.45) is 0.613. The molecular formula is C11H13NO3. The fourth-order valence-electron chi connectivity index (χ4n) is 1.81. The predicted molar refractivity (Wildman–Crippen MR) is 54.5 cm³/mol. The summed E-state index contributed by atoms with van der Waals surface area (Å²) in [4.78, 5) is 11.3. The fourth-order valence-corrected chi connectivity index (χ4v) is 1.81. The number of rotatable bonds is 1. The summed E-state index contributed by atoms with van der Waals surface area (Å²) in [6, 6.07) is 4.93. The molecule has 0 amide bonds. The van der Waals surface area contributed by atoms with E-state index in [1.165, 1.54) is 7.11 Å². The van der Waals surface area contributed by atoms with E-state index in [2.05, 4.69) is 10.1 Å².